The summed E-state index contributed by atoms with van der Waals surface area (Å²) in [6.07, 6.45) is 2.80. The van der Waals surface area contributed by atoms with E-state index in [9.17, 15) is 18.4 Å². The summed E-state index contributed by atoms with van der Waals surface area (Å²) < 4.78 is 41.2. The van der Waals surface area contributed by atoms with Gasteiger partial charge < -0.3 is 19.8 Å². The number of ether oxygens (including phenoxy) is 2. The molecule has 1 unspecified atom stereocenters. The van der Waals surface area contributed by atoms with Crippen molar-refractivity contribution in [3.05, 3.63) is 64.9 Å². The van der Waals surface area contributed by atoms with E-state index < -0.39 is 29.4 Å². The minimum Gasteiger partial charge on any atom is -0.481 e. The molecule has 8 heteroatoms. The summed E-state index contributed by atoms with van der Waals surface area (Å²) in [7, 11) is 1.26. The van der Waals surface area contributed by atoms with Crippen molar-refractivity contribution in [1.82, 2.24) is 4.57 Å². The van der Waals surface area contributed by atoms with Crippen molar-refractivity contribution in [3.8, 4) is 5.75 Å². The van der Waals surface area contributed by atoms with Gasteiger partial charge in [0.15, 0.2) is 6.61 Å². The van der Waals surface area contributed by atoms with Crippen molar-refractivity contribution in [3.63, 3.8) is 0 Å². The minimum absolute atomic E-state index is 0.0454. The van der Waals surface area contributed by atoms with Crippen LogP contribution in [0.1, 0.15) is 42.0 Å². The lowest BCUT2D eigenvalue weighted by molar-refractivity contribution is -0.142. The topological polar surface area (TPSA) is 83.6 Å². The second-order valence-corrected chi connectivity index (χ2v) is 7.86. The molecule has 1 aliphatic rings. The van der Waals surface area contributed by atoms with Gasteiger partial charge in [-0.3, -0.25) is 4.79 Å². The van der Waals surface area contributed by atoms with Crippen LogP contribution in [0.25, 0.3) is 10.9 Å². The first-order valence-electron chi connectivity index (χ1n) is 10.5. The van der Waals surface area contributed by atoms with Gasteiger partial charge in [-0.25, -0.2) is 13.6 Å². The molecule has 3 aromatic rings. The molecule has 32 heavy (non-hydrogen) atoms. The average Bonchev–Trinajstić information content (AvgIpc) is 2.92. The summed E-state index contributed by atoms with van der Waals surface area (Å²) >= 11 is 0. The first-order valence-corrected chi connectivity index (χ1v) is 10.5. The Kier molecular flexibility index (Phi) is 6.12. The van der Waals surface area contributed by atoms with E-state index in [1.807, 2.05) is 10.6 Å². The highest BCUT2D eigenvalue weighted by Gasteiger charge is 2.31. The number of nitrogens with two attached hydrogens (primary N) is 1. The molecule has 6 nitrogen and oxygen atoms in total. The monoisotopic (exact) mass is 442 g/mol. The van der Waals surface area contributed by atoms with Crippen LogP contribution in [0.15, 0.2) is 36.4 Å². The number of nitrogens with zero attached hydrogens (tertiary/aromatic N) is 1. The Morgan fingerprint density at radius 1 is 1.12 bits per heavy atom. The fourth-order valence-corrected chi connectivity index (χ4v) is 4.50. The molecule has 1 aliphatic carbocycles. The minimum atomic E-state index is -0.640. The van der Waals surface area contributed by atoms with Crippen molar-refractivity contribution < 1.29 is 27.8 Å². The number of methoxy groups -OCH3 is 1. The highest BCUT2D eigenvalue weighted by Crippen LogP contribution is 2.42. The molecular weight excluding hydrogens is 418 g/mol. The summed E-state index contributed by atoms with van der Waals surface area (Å²) in [6.45, 7) is -0.352. The number of hydrogen-bond donors (Lipinski definition) is 1. The second-order valence-electron chi connectivity index (χ2n) is 7.86. The van der Waals surface area contributed by atoms with E-state index in [-0.39, 0.29) is 18.7 Å². The zero-order valence-corrected chi connectivity index (χ0v) is 17.7. The number of carbonyl (C=O) groups excluding carboxylic acids is 2. The standard InChI is InChI=1S/C24H24F2N2O4/c1-31-21(29)13-32-20-11-5-10-19-23(20)22-14(24(27)30)6-2-3-9-18(22)28(19)12-15-16(25)7-4-8-17(15)26/h4-5,7-8,10-11,14H,2-3,6,9,12-13H2,1H3,(H2,27,30). The number of esters is 1. The number of aromatic nitrogens is 1. The Morgan fingerprint density at radius 3 is 2.53 bits per heavy atom. The molecule has 168 valence electrons. The molecule has 0 spiro atoms. The van der Waals surface area contributed by atoms with Crippen LogP contribution in [0.4, 0.5) is 8.78 Å². The first kappa shape index (κ1) is 21.8. The van der Waals surface area contributed by atoms with Gasteiger partial charge in [0.2, 0.25) is 5.91 Å². The fourth-order valence-electron chi connectivity index (χ4n) is 4.50. The Morgan fingerprint density at radius 2 is 1.84 bits per heavy atom. The predicted octanol–water partition coefficient (Wildman–Crippen LogP) is 3.81. The molecule has 2 aromatic carbocycles. The quantitative estimate of drug-likeness (QED) is 0.465. The lowest BCUT2D eigenvalue weighted by Gasteiger charge is -2.14. The van der Waals surface area contributed by atoms with Crippen molar-refractivity contribution in [2.45, 2.75) is 38.1 Å². The molecule has 2 N–H and O–H groups in total. The third-order valence-corrected chi connectivity index (χ3v) is 6.00. The third kappa shape index (κ3) is 3.92. The van der Waals surface area contributed by atoms with Gasteiger partial charge in [0.05, 0.1) is 25.1 Å². The van der Waals surface area contributed by atoms with Crippen LogP contribution in [-0.2, 0) is 27.3 Å². The van der Waals surface area contributed by atoms with Crippen molar-refractivity contribution >= 4 is 22.8 Å². The van der Waals surface area contributed by atoms with Gasteiger partial charge in [-0.05, 0) is 49.1 Å². The number of primary amides is 1. The molecule has 1 atom stereocenters. The number of fused-ring (bicyclic) bond motifs is 3. The van der Waals surface area contributed by atoms with Crippen LogP contribution in [-0.4, -0.2) is 30.2 Å². The van der Waals surface area contributed by atoms with Gasteiger partial charge in [-0.1, -0.05) is 18.6 Å². The lowest BCUT2D eigenvalue weighted by atomic mass is 9.92. The maximum absolute atomic E-state index is 14.5. The van der Waals surface area contributed by atoms with Gasteiger partial charge in [0.25, 0.3) is 0 Å². The molecule has 0 aliphatic heterocycles. The van der Waals surface area contributed by atoms with Crippen molar-refractivity contribution in [2.75, 3.05) is 13.7 Å². The lowest BCUT2D eigenvalue weighted by Crippen LogP contribution is -2.22. The zero-order chi connectivity index (χ0) is 22.8. The molecule has 1 amide bonds. The summed E-state index contributed by atoms with van der Waals surface area (Å²) in [6, 6.07) is 9.01. The average molecular weight is 442 g/mol. The number of rotatable bonds is 6. The van der Waals surface area contributed by atoms with Crippen LogP contribution in [0, 0.1) is 11.6 Å². The molecule has 0 radical (unpaired) electrons. The number of benzene rings is 2. The number of hydrogen-bond acceptors (Lipinski definition) is 4. The van der Waals surface area contributed by atoms with Gasteiger partial charge in [0, 0.05) is 16.6 Å². The molecule has 4 rings (SSSR count). The summed E-state index contributed by atoms with van der Waals surface area (Å²) in [5.74, 6) is -2.47. The molecule has 0 saturated carbocycles. The maximum Gasteiger partial charge on any atom is 0.343 e. The smallest absolute Gasteiger partial charge is 0.343 e. The predicted molar refractivity (Wildman–Crippen MR) is 114 cm³/mol. The van der Waals surface area contributed by atoms with E-state index in [0.29, 0.717) is 35.1 Å². The van der Waals surface area contributed by atoms with E-state index >= 15 is 0 Å². The van der Waals surface area contributed by atoms with E-state index in [1.165, 1.54) is 25.3 Å². The Bertz CT molecular complexity index is 1170. The van der Waals surface area contributed by atoms with Crippen LogP contribution in [0.5, 0.6) is 5.75 Å². The van der Waals surface area contributed by atoms with E-state index in [0.717, 1.165) is 18.5 Å². The van der Waals surface area contributed by atoms with E-state index in [2.05, 4.69) is 4.74 Å². The second kappa shape index (κ2) is 8.98. The van der Waals surface area contributed by atoms with E-state index in [1.54, 1.807) is 12.1 Å². The highest BCUT2D eigenvalue weighted by molar-refractivity contribution is 5.97. The molecule has 0 bridgehead atoms. The van der Waals surface area contributed by atoms with E-state index in [4.69, 9.17) is 10.5 Å². The number of carbonyl (C=O) groups is 2. The van der Waals surface area contributed by atoms with Crippen molar-refractivity contribution in [1.29, 1.82) is 0 Å². The highest BCUT2D eigenvalue weighted by atomic mass is 19.1. The van der Waals surface area contributed by atoms with Crippen molar-refractivity contribution in [2.24, 2.45) is 5.73 Å². The van der Waals surface area contributed by atoms with Gasteiger partial charge in [-0.15, -0.1) is 0 Å². The van der Waals surface area contributed by atoms with Crippen LogP contribution >= 0.6 is 0 Å². The number of amides is 1. The van der Waals surface area contributed by atoms with Crippen LogP contribution < -0.4 is 10.5 Å². The SMILES string of the molecule is COC(=O)COc1cccc2c1c1c(n2Cc2c(F)cccc2F)CCCCC1C(N)=O. The number of halogens is 2. The summed E-state index contributed by atoms with van der Waals surface area (Å²) in [4.78, 5) is 24.0. The molecule has 0 fully saturated rings. The van der Waals surface area contributed by atoms with Crippen LogP contribution in [0.2, 0.25) is 0 Å². The Labute approximate surface area is 183 Å². The van der Waals surface area contributed by atoms with Gasteiger partial charge in [0.1, 0.15) is 17.4 Å². The Hall–Kier alpha value is -3.42. The molecule has 0 saturated heterocycles. The summed E-state index contributed by atoms with van der Waals surface area (Å²) in [5.41, 5.74) is 7.88. The van der Waals surface area contributed by atoms with Gasteiger partial charge in [-0.2, -0.15) is 0 Å². The molecule has 1 aromatic heterocycles. The normalized spacial score (nSPS) is 15.8. The zero-order valence-electron chi connectivity index (χ0n) is 17.7. The third-order valence-electron chi connectivity index (χ3n) is 6.00. The summed E-state index contributed by atoms with van der Waals surface area (Å²) in [5, 5.41) is 0.633. The fraction of sp³-hybridized carbons (Fsp3) is 0.333. The largest absolute Gasteiger partial charge is 0.481 e. The molecule has 1 heterocycles. The Balaban J connectivity index is 1.95. The molecular formula is C24H24F2N2O4. The maximum atomic E-state index is 14.5. The first-order chi connectivity index (χ1) is 15.4. The van der Waals surface area contributed by atoms with Crippen LogP contribution in [0.3, 0.4) is 0 Å². The van der Waals surface area contributed by atoms with Gasteiger partial charge >= 0.3 is 5.97 Å².